The summed E-state index contributed by atoms with van der Waals surface area (Å²) in [6.07, 6.45) is 0. The number of ether oxygens (including phenoxy) is 1. The Hall–Kier alpha value is -3.56. The molecule has 10 heteroatoms. The number of nitrogens with one attached hydrogen (secondary N) is 1. The van der Waals surface area contributed by atoms with Gasteiger partial charge in [0.2, 0.25) is 11.8 Å². The smallest absolute Gasteiger partial charge is 0.264 e. The molecule has 0 saturated carbocycles. The second-order valence-corrected chi connectivity index (χ2v) is 13.1. The first-order chi connectivity index (χ1) is 19.2. The second-order valence-electron chi connectivity index (χ2n) is 10.8. The summed E-state index contributed by atoms with van der Waals surface area (Å²) >= 11 is 6.01. The molecule has 0 aromatic heterocycles. The molecular weight excluding hydrogens is 562 g/mol. The number of carbonyl (C=O) groups excluding carboxylic acids is 2. The van der Waals surface area contributed by atoms with Gasteiger partial charge in [0.15, 0.2) is 0 Å². The van der Waals surface area contributed by atoms with E-state index in [1.54, 1.807) is 31.2 Å². The van der Waals surface area contributed by atoms with Crippen molar-refractivity contribution in [2.45, 2.75) is 64.6 Å². The third kappa shape index (κ3) is 8.71. The summed E-state index contributed by atoms with van der Waals surface area (Å²) in [7, 11) is -4.19. The van der Waals surface area contributed by atoms with E-state index in [-0.39, 0.29) is 23.0 Å². The summed E-state index contributed by atoms with van der Waals surface area (Å²) in [4.78, 5) is 28.6. The van der Waals surface area contributed by atoms with E-state index in [4.69, 9.17) is 16.3 Å². The summed E-state index contributed by atoms with van der Waals surface area (Å²) in [5.74, 6) is -0.306. The van der Waals surface area contributed by atoms with Crippen LogP contribution in [0.25, 0.3) is 0 Å². The van der Waals surface area contributed by atoms with Crippen LogP contribution >= 0.6 is 11.6 Å². The number of carbonyl (C=O) groups is 2. The van der Waals surface area contributed by atoms with Gasteiger partial charge in [-0.05, 0) is 95.6 Å². The molecule has 0 fully saturated rings. The van der Waals surface area contributed by atoms with Crippen molar-refractivity contribution in [3.63, 3.8) is 0 Å². The van der Waals surface area contributed by atoms with Gasteiger partial charge in [-0.2, -0.15) is 0 Å². The van der Waals surface area contributed by atoms with Gasteiger partial charge in [0.25, 0.3) is 10.0 Å². The van der Waals surface area contributed by atoms with Crippen molar-refractivity contribution in [1.82, 2.24) is 10.2 Å². The topological polar surface area (TPSA) is 96.0 Å². The van der Waals surface area contributed by atoms with Crippen LogP contribution in [0.2, 0.25) is 5.02 Å². The van der Waals surface area contributed by atoms with E-state index in [0.717, 1.165) is 15.4 Å². The normalized spacial score (nSPS) is 12.4. The fraction of sp³-hybridized carbons (Fsp3) is 0.355. The van der Waals surface area contributed by atoms with Crippen molar-refractivity contribution < 1.29 is 22.7 Å². The number of rotatable bonds is 11. The van der Waals surface area contributed by atoms with Gasteiger partial charge in [-0.1, -0.05) is 41.4 Å². The molecule has 0 saturated heterocycles. The molecule has 0 bridgehead atoms. The first-order valence-corrected chi connectivity index (χ1v) is 15.2. The first-order valence-electron chi connectivity index (χ1n) is 13.4. The van der Waals surface area contributed by atoms with Crippen molar-refractivity contribution >= 4 is 39.1 Å². The Kier molecular flexibility index (Phi) is 10.4. The Morgan fingerprint density at radius 3 is 2.07 bits per heavy atom. The van der Waals surface area contributed by atoms with Crippen molar-refractivity contribution in [1.29, 1.82) is 0 Å². The number of amides is 2. The van der Waals surface area contributed by atoms with Crippen LogP contribution in [0.4, 0.5) is 5.69 Å². The molecule has 0 unspecified atom stereocenters. The van der Waals surface area contributed by atoms with Crippen molar-refractivity contribution in [2.75, 3.05) is 17.5 Å². The van der Waals surface area contributed by atoms with Gasteiger partial charge in [-0.15, -0.1) is 0 Å². The Balaban J connectivity index is 2.03. The van der Waals surface area contributed by atoms with Crippen molar-refractivity contribution in [2.24, 2.45) is 0 Å². The number of halogens is 1. The molecule has 220 valence electrons. The lowest BCUT2D eigenvalue weighted by Gasteiger charge is -2.33. The molecule has 0 aliphatic rings. The zero-order chi connectivity index (χ0) is 30.4. The molecule has 0 radical (unpaired) electrons. The first kappa shape index (κ1) is 32.0. The molecular formula is C31H38ClN3O5S. The fourth-order valence-corrected chi connectivity index (χ4v) is 5.62. The minimum absolute atomic E-state index is 0.0211. The molecule has 41 heavy (non-hydrogen) atoms. The van der Waals surface area contributed by atoms with E-state index in [9.17, 15) is 18.0 Å². The molecule has 3 aromatic rings. The van der Waals surface area contributed by atoms with Gasteiger partial charge in [-0.25, -0.2) is 8.42 Å². The molecule has 3 aromatic carbocycles. The monoisotopic (exact) mass is 599 g/mol. The highest BCUT2D eigenvalue weighted by Gasteiger charge is 2.33. The number of aryl methyl sites for hydroxylation is 1. The molecule has 1 N–H and O–H groups in total. The number of sulfonamides is 1. The van der Waals surface area contributed by atoms with Crippen molar-refractivity contribution in [3.8, 4) is 5.75 Å². The Bertz CT molecular complexity index is 1440. The summed E-state index contributed by atoms with van der Waals surface area (Å²) < 4.78 is 34.4. The Morgan fingerprint density at radius 1 is 0.951 bits per heavy atom. The maximum Gasteiger partial charge on any atom is 0.264 e. The Morgan fingerprint density at radius 2 is 1.54 bits per heavy atom. The fourth-order valence-electron chi connectivity index (χ4n) is 4.08. The number of hydrogen-bond acceptors (Lipinski definition) is 5. The molecule has 0 heterocycles. The average Bonchev–Trinajstić information content (AvgIpc) is 2.91. The van der Waals surface area contributed by atoms with Gasteiger partial charge in [0, 0.05) is 17.1 Å². The third-order valence-electron chi connectivity index (χ3n) is 6.26. The van der Waals surface area contributed by atoms with Crippen LogP contribution in [0.5, 0.6) is 5.75 Å². The maximum atomic E-state index is 14.0. The predicted octanol–water partition coefficient (Wildman–Crippen LogP) is 5.57. The standard InChI is InChI=1S/C31H38ClN3O5S/c1-7-40-27-16-14-26(15-17-27)35(41(38,39)28-18-12-25(32)13-19-28)21-29(36)34(20-24-10-8-22(2)9-11-24)23(3)30(37)33-31(4,5)6/h8-19,23H,7,20-21H2,1-6H3,(H,33,37)/t23-/m1/s1. The molecule has 2 amide bonds. The van der Waals surface area contributed by atoms with Crippen LogP contribution in [-0.4, -0.2) is 49.9 Å². The summed E-state index contributed by atoms with van der Waals surface area (Å²) in [5.41, 5.74) is 1.63. The van der Waals surface area contributed by atoms with Crippen LogP contribution in [0.1, 0.15) is 45.7 Å². The molecule has 0 spiro atoms. The van der Waals surface area contributed by atoms with Crippen LogP contribution in [0.15, 0.2) is 77.7 Å². The van der Waals surface area contributed by atoms with E-state index in [2.05, 4.69) is 5.32 Å². The lowest BCUT2D eigenvalue weighted by molar-refractivity contribution is -0.140. The van der Waals surface area contributed by atoms with Gasteiger partial charge < -0.3 is 15.0 Å². The summed E-state index contributed by atoms with van der Waals surface area (Å²) in [6, 6.07) is 19.0. The molecule has 0 aliphatic carbocycles. The number of benzene rings is 3. The largest absolute Gasteiger partial charge is 0.494 e. The number of anilines is 1. The quantitative estimate of drug-likeness (QED) is 0.311. The van der Waals surface area contributed by atoms with E-state index in [1.165, 1.54) is 29.2 Å². The molecule has 3 rings (SSSR count). The van der Waals surface area contributed by atoms with Gasteiger partial charge in [0.05, 0.1) is 17.2 Å². The van der Waals surface area contributed by atoms with E-state index < -0.39 is 34.1 Å². The Labute approximate surface area is 248 Å². The molecule has 0 aliphatic heterocycles. The molecule has 1 atom stereocenters. The number of hydrogen-bond donors (Lipinski definition) is 1. The highest BCUT2D eigenvalue weighted by Crippen LogP contribution is 2.27. The van der Waals surface area contributed by atoms with Crippen LogP contribution in [0.3, 0.4) is 0 Å². The molecule has 8 nitrogen and oxygen atoms in total. The highest BCUT2D eigenvalue weighted by atomic mass is 35.5. The highest BCUT2D eigenvalue weighted by molar-refractivity contribution is 7.92. The zero-order valence-electron chi connectivity index (χ0n) is 24.3. The average molecular weight is 600 g/mol. The zero-order valence-corrected chi connectivity index (χ0v) is 25.9. The number of nitrogens with zero attached hydrogens (tertiary/aromatic N) is 2. The van der Waals surface area contributed by atoms with Gasteiger partial charge >= 0.3 is 0 Å². The minimum atomic E-state index is -4.19. The van der Waals surface area contributed by atoms with Crippen LogP contribution < -0.4 is 14.4 Å². The lowest BCUT2D eigenvalue weighted by Crippen LogP contribution is -2.54. The van der Waals surface area contributed by atoms with Gasteiger partial charge in [-0.3, -0.25) is 13.9 Å². The van der Waals surface area contributed by atoms with Crippen molar-refractivity contribution in [3.05, 3.63) is 88.9 Å². The van der Waals surface area contributed by atoms with Crippen LogP contribution in [0, 0.1) is 6.92 Å². The van der Waals surface area contributed by atoms with E-state index in [1.807, 2.05) is 58.9 Å². The SMILES string of the molecule is CCOc1ccc(N(CC(=O)N(Cc2ccc(C)cc2)[C@H](C)C(=O)NC(C)(C)C)S(=O)(=O)c2ccc(Cl)cc2)cc1. The third-order valence-corrected chi connectivity index (χ3v) is 8.30. The van der Waals surface area contributed by atoms with E-state index >= 15 is 0 Å². The van der Waals surface area contributed by atoms with Gasteiger partial charge in [0.1, 0.15) is 18.3 Å². The summed E-state index contributed by atoms with van der Waals surface area (Å²) in [6.45, 7) is 11.1. The predicted molar refractivity (Wildman–Crippen MR) is 163 cm³/mol. The lowest BCUT2D eigenvalue weighted by atomic mass is 10.1. The maximum absolute atomic E-state index is 14.0. The summed E-state index contributed by atoms with van der Waals surface area (Å²) in [5, 5.41) is 3.31. The minimum Gasteiger partial charge on any atom is -0.494 e. The second kappa shape index (κ2) is 13.4. The van der Waals surface area contributed by atoms with Crippen LogP contribution in [-0.2, 0) is 26.2 Å². The van der Waals surface area contributed by atoms with E-state index in [0.29, 0.717) is 17.4 Å².